The second-order valence-electron chi connectivity index (χ2n) is 5.97. The number of aromatic nitrogens is 1. The summed E-state index contributed by atoms with van der Waals surface area (Å²) in [5.41, 5.74) is 2.14. The highest BCUT2D eigenvalue weighted by Crippen LogP contribution is 2.33. The van der Waals surface area contributed by atoms with Gasteiger partial charge in [0.2, 0.25) is 5.91 Å². The zero-order chi connectivity index (χ0) is 15.5. The standard InChI is InChI=1S/C18H23N3O/c1-14(18(22)19-15-8-4-3-5-9-15)21-13-7-11-17(21)16-10-6-12-20(16)2/h3-6,8-10,12,14,17H,7,11,13H2,1-2H3,(H,19,22)/t14-,17+/m0/s1. The fourth-order valence-corrected chi connectivity index (χ4v) is 3.31. The van der Waals surface area contributed by atoms with Crippen molar-refractivity contribution in [3.05, 3.63) is 54.4 Å². The zero-order valence-corrected chi connectivity index (χ0v) is 13.2. The number of carbonyl (C=O) groups is 1. The van der Waals surface area contributed by atoms with Crippen molar-refractivity contribution in [1.29, 1.82) is 0 Å². The monoisotopic (exact) mass is 297 g/mol. The van der Waals surface area contributed by atoms with Crippen LogP contribution in [0.4, 0.5) is 5.69 Å². The third-order valence-corrected chi connectivity index (χ3v) is 4.54. The first kappa shape index (κ1) is 14.9. The van der Waals surface area contributed by atoms with Gasteiger partial charge in [0.15, 0.2) is 0 Å². The summed E-state index contributed by atoms with van der Waals surface area (Å²) in [6.45, 7) is 2.97. The van der Waals surface area contributed by atoms with Gasteiger partial charge in [0.05, 0.1) is 12.1 Å². The lowest BCUT2D eigenvalue weighted by Crippen LogP contribution is -2.41. The number of amides is 1. The number of carbonyl (C=O) groups excluding carboxylic acids is 1. The minimum atomic E-state index is -0.136. The first-order valence-electron chi connectivity index (χ1n) is 7.89. The van der Waals surface area contributed by atoms with E-state index < -0.39 is 0 Å². The van der Waals surface area contributed by atoms with Crippen molar-refractivity contribution >= 4 is 11.6 Å². The summed E-state index contributed by atoms with van der Waals surface area (Å²) in [7, 11) is 2.07. The van der Waals surface area contributed by atoms with E-state index in [1.54, 1.807) is 0 Å². The van der Waals surface area contributed by atoms with Gasteiger partial charge < -0.3 is 9.88 Å². The van der Waals surface area contributed by atoms with Crippen molar-refractivity contribution in [1.82, 2.24) is 9.47 Å². The van der Waals surface area contributed by atoms with Gasteiger partial charge in [0, 0.05) is 24.6 Å². The molecule has 4 nitrogen and oxygen atoms in total. The maximum absolute atomic E-state index is 12.5. The summed E-state index contributed by atoms with van der Waals surface area (Å²) in [5, 5.41) is 3.01. The maximum Gasteiger partial charge on any atom is 0.241 e. The van der Waals surface area contributed by atoms with Crippen LogP contribution < -0.4 is 5.32 Å². The first-order chi connectivity index (χ1) is 10.7. The SMILES string of the molecule is C[C@@H](C(=O)Nc1ccccc1)N1CCC[C@@H]1c1cccn1C. The fourth-order valence-electron chi connectivity index (χ4n) is 3.31. The van der Waals surface area contributed by atoms with E-state index in [1.807, 2.05) is 37.3 Å². The van der Waals surface area contributed by atoms with Gasteiger partial charge in [0.25, 0.3) is 0 Å². The molecule has 1 aromatic carbocycles. The third-order valence-electron chi connectivity index (χ3n) is 4.54. The predicted octanol–water partition coefficient (Wildman–Crippen LogP) is 3.19. The molecule has 0 spiro atoms. The van der Waals surface area contributed by atoms with E-state index in [9.17, 15) is 4.79 Å². The number of hydrogen-bond acceptors (Lipinski definition) is 2. The van der Waals surface area contributed by atoms with Gasteiger partial charge in [-0.15, -0.1) is 0 Å². The summed E-state index contributed by atoms with van der Waals surface area (Å²) < 4.78 is 2.16. The molecule has 1 amide bonds. The molecule has 0 unspecified atom stereocenters. The van der Waals surface area contributed by atoms with Gasteiger partial charge in [-0.1, -0.05) is 18.2 Å². The molecule has 0 saturated carbocycles. The average molecular weight is 297 g/mol. The molecule has 2 heterocycles. The highest BCUT2D eigenvalue weighted by Gasteiger charge is 2.33. The van der Waals surface area contributed by atoms with Crippen LogP contribution in [-0.2, 0) is 11.8 Å². The highest BCUT2D eigenvalue weighted by atomic mass is 16.2. The molecule has 116 valence electrons. The molecule has 0 radical (unpaired) electrons. The number of hydrogen-bond donors (Lipinski definition) is 1. The molecule has 0 bridgehead atoms. The molecule has 0 aliphatic carbocycles. The Morgan fingerprint density at radius 1 is 1.23 bits per heavy atom. The van der Waals surface area contributed by atoms with E-state index in [2.05, 4.69) is 40.2 Å². The van der Waals surface area contributed by atoms with Crippen molar-refractivity contribution in [3.8, 4) is 0 Å². The van der Waals surface area contributed by atoms with E-state index in [4.69, 9.17) is 0 Å². The number of likely N-dealkylation sites (tertiary alicyclic amines) is 1. The summed E-state index contributed by atoms with van der Waals surface area (Å²) in [6.07, 6.45) is 4.32. The number of nitrogens with one attached hydrogen (secondary N) is 1. The molecule has 1 N–H and O–H groups in total. The Morgan fingerprint density at radius 2 is 2.00 bits per heavy atom. The molecule has 1 fully saturated rings. The van der Waals surface area contributed by atoms with Gasteiger partial charge in [-0.2, -0.15) is 0 Å². The van der Waals surface area contributed by atoms with Crippen LogP contribution in [0.3, 0.4) is 0 Å². The number of nitrogens with zero attached hydrogens (tertiary/aromatic N) is 2. The molecule has 3 rings (SSSR count). The number of anilines is 1. The first-order valence-corrected chi connectivity index (χ1v) is 7.89. The smallest absolute Gasteiger partial charge is 0.241 e. The Balaban J connectivity index is 1.72. The fraction of sp³-hybridized carbons (Fsp3) is 0.389. The molecular weight excluding hydrogens is 274 g/mol. The van der Waals surface area contributed by atoms with E-state index in [0.29, 0.717) is 6.04 Å². The van der Waals surface area contributed by atoms with Crippen LogP contribution in [0.1, 0.15) is 31.5 Å². The minimum absolute atomic E-state index is 0.0623. The van der Waals surface area contributed by atoms with E-state index in [-0.39, 0.29) is 11.9 Å². The van der Waals surface area contributed by atoms with Crippen LogP contribution in [-0.4, -0.2) is 28.0 Å². The summed E-state index contributed by atoms with van der Waals surface area (Å²) in [4.78, 5) is 14.9. The number of benzene rings is 1. The van der Waals surface area contributed by atoms with E-state index >= 15 is 0 Å². The average Bonchev–Trinajstić information content (AvgIpc) is 3.15. The number of aryl methyl sites for hydroxylation is 1. The molecule has 1 saturated heterocycles. The molecule has 4 heteroatoms. The van der Waals surface area contributed by atoms with Crippen LogP contribution in [0.2, 0.25) is 0 Å². The topological polar surface area (TPSA) is 37.3 Å². The van der Waals surface area contributed by atoms with Crippen LogP contribution in [0.5, 0.6) is 0 Å². The van der Waals surface area contributed by atoms with Crippen molar-refractivity contribution in [3.63, 3.8) is 0 Å². The second kappa shape index (κ2) is 6.36. The Labute approximate surface area is 131 Å². The van der Waals surface area contributed by atoms with Crippen LogP contribution in [0.25, 0.3) is 0 Å². The van der Waals surface area contributed by atoms with Crippen LogP contribution >= 0.6 is 0 Å². The molecular formula is C18H23N3O. The normalized spacial score (nSPS) is 20.0. The van der Waals surface area contributed by atoms with Crippen molar-refractivity contribution in [2.45, 2.75) is 31.8 Å². The zero-order valence-electron chi connectivity index (χ0n) is 13.2. The minimum Gasteiger partial charge on any atom is -0.353 e. The number of para-hydroxylation sites is 1. The Morgan fingerprint density at radius 3 is 2.68 bits per heavy atom. The molecule has 1 aromatic heterocycles. The highest BCUT2D eigenvalue weighted by molar-refractivity contribution is 5.94. The Bertz CT molecular complexity index is 635. The van der Waals surface area contributed by atoms with Gasteiger partial charge >= 0.3 is 0 Å². The molecule has 2 aromatic rings. The molecule has 1 aliphatic rings. The van der Waals surface area contributed by atoms with E-state index in [1.165, 1.54) is 5.69 Å². The second-order valence-corrected chi connectivity index (χ2v) is 5.97. The summed E-state index contributed by atoms with van der Waals surface area (Å²) in [6, 6.07) is 14.1. The maximum atomic E-state index is 12.5. The summed E-state index contributed by atoms with van der Waals surface area (Å²) >= 11 is 0. The number of rotatable bonds is 4. The molecule has 22 heavy (non-hydrogen) atoms. The third kappa shape index (κ3) is 2.92. The van der Waals surface area contributed by atoms with E-state index in [0.717, 1.165) is 25.1 Å². The molecule has 2 atom stereocenters. The van der Waals surface area contributed by atoms with Crippen molar-refractivity contribution in [2.24, 2.45) is 7.05 Å². The molecule has 1 aliphatic heterocycles. The van der Waals surface area contributed by atoms with Crippen molar-refractivity contribution < 1.29 is 4.79 Å². The predicted molar refractivity (Wildman–Crippen MR) is 88.6 cm³/mol. The van der Waals surface area contributed by atoms with Gasteiger partial charge in [-0.25, -0.2) is 0 Å². The van der Waals surface area contributed by atoms with Crippen molar-refractivity contribution in [2.75, 3.05) is 11.9 Å². The van der Waals surface area contributed by atoms with Gasteiger partial charge in [-0.3, -0.25) is 9.69 Å². The van der Waals surface area contributed by atoms with Gasteiger partial charge in [-0.05, 0) is 50.6 Å². The lowest BCUT2D eigenvalue weighted by molar-refractivity contribution is -0.121. The Hall–Kier alpha value is -2.07. The lowest BCUT2D eigenvalue weighted by Gasteiger charge is -2.30. The Kier molecular flexibility index (Phi) is 4.29. The lowest BCUT2D eigenvalue weighted by atomic mass is 10.1. The summed E-state index contributed by atoms with van der Waals surface area (Å²) in [5.74, 6) is 0.0623. The van der Waals surface area contributed by atoms with Crippen LogP contribution in [0, 0.1) is 0 Å². The van der Waals surface area contributed by atoms with Gasteiger partial charge in [0.1, 0.15) is 0 Å². The largest absolute Gasteiger partial charge is 0.353 e. The quantitative estimate of drug-likeness (QED) is 0.941. The van der Waals surface area contributed by atoms with Crippen LogP contribution in [0.15, 0.2) is 48.7 Å².